The zero-order valence-corrected chi connectivity index (χ0v) is 11.7. The predicted molar refractivity (Wildman–Crippen MR) is 67.9 cm³/mol. The first-order chi connectivity index (χ1) is 6.64. The molecule has 0 aromatic rings. The van der Waals surface area contributed by atoms with Gasteiger partial charge in [0, 0.05) is 0 Å². The van der Waals surface area contributed by atoms with Gasteiger partial charge in [0.1, 0.15) is 0 Å². The molecule has 0 rings (SSSR count). The summed E-state index contributed by atoms with van der Waals surface area (Å²) in [5, 5.41) is 10.1. The summed E-state index contributed by atoms with van der Waals surface area (Å²) in [6.45, 7) is 15.6. The Bertz CT molecular complexity index is 167. The summed E-state index contributed by atoms with van der Waals surface area (Å²) in [6.07, 6.45) is 1.91. The zero-order valence-electron chi connectivity index (χ0n) is 11.7. The van der Waals surface area contributed by atoms with E-state index < -0.39 is 0 Å². The van der Waals surface area contributed by atoms with Gasteiger partial charge < -0.3 is 5.11 Å². The van der Waals surface area contributed by atoms with Crippen molar-refractivity contribution in [2.75, 3.05) is 0 Å². The van der Waals surface area contributed by atoms with Crippen molar-refractivity contribution in [1.29, 1.82) is 0 Å². The van der Waals surface area contributed by atoms with E-state index >= 15 is 0 Å². The summed E-state index contributed by atoms with van der Waals surface area (Å²) in [5.74, 6) is 1.68. The molecule has 1 heteroatoms. The standard InChI is InChI=1S/C14H30O/c1-10(2)8-11(3)13(15)9-12(4)14(5,6)7/h10-13,15H,8-9H2,1-7H3. The summed E-state index contributed by atoms with van der Waals surface area (Å²) in [5.41, 5.74) is 0.304. The highest BCUT2D eigenvalue weighted by Crippen LogP contribution is 2.31. The second kappa shape index (κ2) is 5.89. The lowest BCUT2D eigenvalue weighted by atomic mass is 9.77. The third kappa shape index (κ3) is 6.19. The molecule has 0 spiro atoms. The highest BCUT2D eigenvalue weighted by Gasteiger charge is 2.25. The van der Waals surface area contributed by atoms with Crippen LogP contribution >= 0.6 is 0 Å². The van der Waals surface area contributed by atoms with Gasteiger partial charge in [0.25, 0.3) is 0 Å². The fourth-order valence-corrected chi connectivity index (χ4v) is 1.85. The molecule has 92 valence electrons. The first-order valence-electron chi connectivity index (χ1n) is 6.32. The maximum Gasteiger partial charge on any atom is 0.0568 e. The maximum atomic E-state index is 10.1. The minimum absolute atomic E-state index is 0.137. The number of hydrogen-bond donors (Lipinski definition) is 1. The van der Waals surface area contributed by atoms with Crippen molar-refractivity contribution < 1.29 is 5.11 Å². The van der Waals surface area contributed by atoms with Gasteiger partial charge in [0.05, 0.1) is 6.10 Å². The van der Waals surface area contributed by atoms with Crippen molar-refractivity contribution in [1.82, 2.24) is 0 Å². The van der Waals surface area contributed by atoms with Crippen molar-refractivity contribution >= 4 is 0 Å². The molecule has 0 aromatic carbocycles. The summed E-state index contributed by atoms with van der Waals surface area (Å²) in [4.78, 5) is 0. The van der Waals surface area contributed by atoms with Gasteiger partial charge in [-0.3, -0.25) is 0 Å². The number of aliphatic hydroxyl groups is 1. The van der Waals surface area contributed by atoms with Crippen LogP contribution in [-0.4, -0.2) is 11.2 Å². The third-order valence-corrected chi connectivity index (χ3v) is 3.57. The molecule has 3 unspecified atom stereocenters. The van der Waals surface area contributed by atoms with Crippen LogP contribution in [0.25, 0.3) is 0 Å². The van der Waals surface area contributed by atoms with Crippen LogP contribution in [0.15, 0.2) is 0 Å². The Hall–Kier alpha value is -0.0400. The zero-order chi connectivity index (χ0) is 12.2. The Kier molecular flexibility index (Phi) is 5.87. The second-order valence-electron chi connectivity index (χ2n) is 6.68. The number of hydrogen-bond acceptors (Lipinski definition) is 1. The Morgan fingerprint density at radius 2 is 1.40 bits per heavy atom. The van der Waals surface area contributed by atoms with Crippen molar-refractivity contribution in [2.45, 2.75) is 67.4 Å². The summed E-state index contributed by atoms with van der Waals surface area (Å²) < 4.78 is 0. The van der Waals surface area contributed by atoms with E-state index in [0.717, 1.165) is 12.8 Å². The van der Waals surface area contributed by atoms with E-state index in [4.69, 9.17) is 0 Å². The predicted octanol–water partition coefficient (Wildman–Crippen LogP) is 4.10. The molecule has 0 aliphatic heterocycles. The van der Waals surface area contributed by atoms with Crippen LogP contribution in [0.4, 0.5) is 0 Å². The molecule has 0 aromatic heterocycles. The molecule has 0 heterocycles. The van der Waals surface area contributed by atoms with Gasteiger partial charge in [-0.2, -0.15) is 0 Å². The Morgan fingerprint density at radius 1 is 0.933 bits per heavy atom. The van der Waals surface area contributed by atoms with E-state index in [2.05, 4.69) is 48.5 Å². The minimum Gasteiger partial charge on any atom is -0.393 e. The highest BCUT2D eigenvalue weighted by molar-refractivity contribution is 4.76. The third-order valence-electron chi connectivity index (χ3n) is 3.57. The summed E-state index contributed by atoms with van der Waals surface area (Å²) in [6, 6.07) is 0. The van der Waals surface area contributed by atoms with Gasteiger partial charge in [-0.25, -0.2) is 0 Å². The van der Waals surface area contributed by atoms with E-state index in [9.17, 15) is 5.11 Å². The van der Waals surface area contributed by atoms with E-state index in [1.807, 2.05) is 0 Å². The van der Waals surface area contributed by atoms with Crippen molar-refractivity contribution in [2.24, 2.45) is 23.2 Å². The van der Waals surface area contributed by atoms with Crippen LogP contribution in [-0.2, 0) is 0 Å². The quantitative estimate of drug-likeness (QED) is 0.730. The summed E-state index contributed by atoms with van der Waals surface area (Å²) in [7, 11) is 0. The Balaban J connectivity index is 4.07. The largest absolute Gasteiger partial charge is 0.393 e. The fraction of sp³-hybridized carbons (Fsp3) is 1.00. The van der Waals surface area contributed by atoms with Crippen molar-refractivity contribution in [3.05, 3.63) is 0 Å². The Morgan fingerprint density at radius 3 is 1.73 bits per heavy atom. The average Bonchev–Trinajstić information content (AvgIpc) is 2.00. The maximum absolute atomic E-state index is 10.1. The molecule has 0 saturated carbocycles. The smallest absolute Gasteiger partial charge is 0.0568 e. The average molecular weight is 214 g/mol. The minimum atomic E-state index is -0.137. The normalized spacial score (nSPS) is 19.0. The van der Waals surface area contributed by atoms with Crippen LogP contribution < -0.4 is 0 Å². The molecular weight excluding hydrogens is 184 g/mol. The molecule has 0 bridgehead atoms. The second-order valence-corrected chi connectivity index (χ2v) is 6.68. The molecule has 3 atom stereocenters. The van der Waals surface area contributed by atoms with Crippen LogP contribution in [0, 0.1) is 23.2 Å². The van der Waals surface area contributed by atoms with Crippen molar-refractivity contribution in [3.8, 4) is 0 Å². The molecule has 0 amide bonds. The molecule has 15 heavy (non-hydrogen) atoms. The van der Waals surface area contributed by atoms with E-state index in [-0.39, 0.29) is 6.10 Å². The van der Waals surface area contributed by atoms with Gasteiger partial charge in [-0.15, -0.1) is 0 Å². The van der Waals surface area contributed by atoms with Gasteiger partial charge >= 0.3 is 0 Å². The summed E-state index contributed by atoms with van der Waals surface area (Å²) >= 11 is 0. The Labute approximate surface area is 96.3 Å². The van der Waals surface area contributed by atoms with E-state index in [0.29, 0.717) is 23.2 Å². The van der Waals surface area contributed by atoms with Gasteiger partial charge in [-0.1, -0.05) is 48.5 Å². The monoisotopic (exact) mass is 214 g/mol. The molecule has 0 aliphatic rings. The van der Waals surface area contributed by atoms with Crippen LogP contribution in [0.5, 0.6) is 0 Å². The number of aliphatic hydroxyl groups excluding tert-OH is 1. The first kappa shape index (κ1) is 15.0. The molecule has 1 nitrogen and oxygen atoms in total. The molecule has 0 aliphatic carbocycles. The van der Waals surface area contributed by atoms with Crippen LogP contribution in [0.2, 0.25) is 0 Å². The molecule has 0 saturated heterocycles. The van der Waals surface area contributed by atoms with Crippen LogP contribution in [0.1, 0.15) is 61.3 Å². The van der Waals surface area contributed by atoms with Gasteiger partial charge in [-0.05, 0) is 36.0 Å². The highest BCUT2D eigenvalue weighted by atomic mass is 16.3. The molecule has 0 fully saturated rings. The first-order valence-corrected chi connectivity index (χ1v) is 6.32. The topological polar surface area (TPSA) is 20.2 Å². The molecular formula is C14H30O. The SMILES string of the molecule is CC(C)CC(C)C(O)CC(C)C(C)(C)C. The van der Waals surface area contributed by atoms with E-state index in [1.165, 1.54) is 0 Å². The lowest BCUT2D eigenvalue weighted by Gasteiger charge is -2.31. The van der Waals surface area contributed by atoms with Gasteiger partial charge in [0.15, 0.2) is 0 Å². The van der Waals surface area contributed by atoms with Gasteiger partial charge in [0.2, 0.25) is 0 Å². The number of rotatable bonds is 5. The van der Waals surface area contributed by atoms with Crippen molar-refractivity contribution in [3.63, 3.8) is 0 Å². The lowest BCUT2D eigenvalue weighted by Crippen LogP contribution is -2.27. The van der Waals surface area contributed by atoms with Crippen LogP contribution in [0.3, 0.4) is 0 Å². The lowest BCUT2D eigenvalue weighted by molar-refractivity contribution is 0.0601. The molecule has 1 N–H and O–H groups in total. The van der Waals surface area contributed by atoms with E-state index in [1.54, 1.807) is 0 Å². The fourth-order valence-electron chi connectivity index (χ4n) is 1.85. The molecule has 0 radical (unpaired) electrons.